The summed E-state index contributed by atoms with van der Waals surface area (Å²) in [6, 6.07) is 17.9. The quantitative estimate of drug-likeness (QED) is 0.446. The molecule has 192 valence electrons. The fourth-order valence-corrected chi connectivity index (χ4v) is 4.78. The van der Waals surface area contributed by atoms with Crippen LogP contribution in [-0.2, 0) is 16.1 Å². The van der Waals surface area contributed by atoms with E-state index in [1.807, 2.05) is 6.07 Å². The molecule has 8 nitrogen and oxygen atoms in total. The van der Waals surface area contributed by atoms with E-state index in [-0.39, 0.29) is 24.8 Å². The number of hydrogen-bond donors (Lipinski definition) is 1. The van der Waals surface area contributed by atoms with Gasteiger partial charge in [-0.3, -0.25) is 14.5 Å². The molecule has 0 bridgehead atoms. The lowest BCUT2D eigenvalue weighted by Crippen LogP contribution is -2.44. The van der Waals surface area contributed by atoms with Crippen molar-refractivity contribution >= 4 is 40.1 Å². The van der Waals surface area contributed by atoms with E-state index in [1.54, 1.807) is 50.6 Å². The SMILES string of the molecule is COc1ccc(NC(=O)C2CC(=O)N(Cc3ccc(OC)c(OC)c3)C(=Nc3ccc(F)cc3)S2)cc1. The Bertz CT molecular complexity index is 1300. The minimum absolute atomic E-state index is 0.0115. The number of anilines is 1. The molecule has 1 aliphatic rings. The monoisotopic (exact) mass is 523 g/mol. The Morgan fingerprint density at radius 1 is 1.00 bits per heavy atom. The maximum atomic E-state index is 13.4. The Labute approximate surface area is 218 Å². The van der Waals surface area contributed by atoms with Gasteiger partial charge in [0.25, 0.3) is 0 Å². The molecule has 3 aromatic carbocycles. The molecule has 3 aromatic rings. The number of amidine groups is 1. The van der Waals surface area contributed by atoms with Crippen molar-refractivity contribution < 1.29 is 28.2 Å². The molecule has 1 aliphatic heterocycles. The van der Waals surface area contributed by atoms with Crippen molar-refractivity contribution in [3.05, 3.63) is 78.1 Å². The van der Waals surface area contributed by atoms with Crippen LogP contribution in [0, 0.1) is 5.82 Å². The van der Waals surface area contributed by atoms with Gasteiger partial charge in [0, 0.05) is 12.1 Å². The van der Waals surface area contributed by atoms with E-state index < -0.39 is 11.1 Å². The van der Waals surface area contributed by atoms with Crippen LogP contribution in [0.2, 0.25) is 0 Å². The van der Waals surface area contributed by atoms with Crippen molar-refractivity contribution in [3.8, 4) is 17.2 Å². The van der Waals surface area contributed by atoms with Crippen molar-refractivity contribution in [1.29, 1.82) is 0 Å². The molecule has 0 aliphatic carbocycles. The van der Waals surface area contributed by atoms with Crippen LogP contribution in [-0.4, -0.2) is 48.5 Å². The zero-order valence-electron chi connectivity index (χ0n) is 20.6. The fraction of sp³-hybridized carbons (Fsp3) is 0.222. The highest BCUT2D eigenvalue weighted by atomic mass is 32.2. The van der Waals surface area contributed by atoms with E-state index in [0.29, 0.717) is 33.8 Å². The molecule has 1 N–H and O–H groups in total. The van der Waals surface area contributed by atoms with Crippen molar-refractivity contribution in [2.24, 2.45) is 4.99 Å². The van der Waals surface area contributed by atoms with Gasteiger partial charge >= 0.3 is 0 Å². The Morgan fingerprint density at radius 3 is 2.35 bits per heavy atom. The molecular weight excluding hydrogens is 497 g/mol. The molecule has 0 aromatic heterocycles. The fourth-order valence-electron chi connectivity index (χ4n) is 3.68. The second kappa shape index (κ2) is 11.8. The van der Waals surface area contributed by atoms with E-state index in [9.17, 15) is 14.0 Å². The first-order valence-corrected chi connectivity index (χ1v) is 12.2. The Morgan fingerprint density at radius 2 is 1.70 bits per heavy atom. The molecule has 0 radical (unpaired) electrons. The van der Waals surface area contributed by atoms with Gasteiger partial charge in [-0.2, -0.15) is 0 Å². The lowest BCUT2D eigenvalue weighted by molar-refractivity contribution is -0.129. The third-order valence-corrected chi connectivity index (χ3v) is 6.82. The van der Waals surface area contributed by atoms with Gasteiger partial charge < -0.3 is 19.5 Å². The highest BCUT2D eigenvalue weighted by molar-refractivity contribution is 8.15. The van der Waals surface area contributed by atoms with Crippen molar-refractivity contribution in [2.45, 2.75) is 18.2 Å². The van der Waals surface area contributed by atoms with Gasteiger partial charge in [-0.1, -0.05) is 17.8 Å². The van der Waals surface area contributed by atoms with Crippen LogP contribution >= 0.6 is 11.8 Å². The van der Waals surface area contributed by atoms with Crippen molar-refractivity contribution in [2.75, 3.05) is 26.6 Å². The number of thioether (sulfide) groups is 1. The highest BCUT2D eigenvalue weighted by Crippen LogP contribution is 2.33. The molecule has 10 heteroatoms. The summed E-state index contributed by atoms with van der Waals surface area (Å²) < 4.78 is 29.3. The van der Waals surface area contributed by atoms with Gasteiger partial charge in [0.1, 0.15) is 16.8 Å². The van der Waals surface area contributed by atoms with E-state index >= 15 is 0 Å². The maximum absolute atomic E-state index is 13.4. The third-order valence-electron chi connectivity index (χ3n) is 5.63. The number of nitrogens with zero attached hydrogens (tertiary/aromatic N) is 2. The lowest BCUT2D eigenvalue weighted by Gasteiger charge is -2.32. The van der Waals surface area contributed by atoms with Crippen LogP contribution in [0.25, 0.3) is 0 Å². The number of amides is 2. The van der Waals surface area contributed by atoms with E-state index in [4.69, 9.17) is 14.2 Å². The van der Waals surface area contributed by atoms with Crippen LogP contribution in [0.1, 0.15) is 12.0 Å². The van der Waals surface area contributed by atoms with Crippen LogP contribution in [0.5, 0.6) is 17.2 Å². The summed E-state index contributed by atoms with van der Waals surface area (Å²) in [5.74, 6) is 0.798. The van der Waals surface area contributed by atoms with Gasteiger partial charge in [0.15, 0.2) is 16.7 Å². The molecule has 2 amide bonds. The number of methoxy groups -OCH3 is 3. The Kier molecular flexibility index (Phi) is 8.29. The standard InChI is InChI=1S/C27H26FN3O5S/c1-34-21-11-9-19(10-12-21)29-26(33)24-15-25(32)31(16-17-4-13-22(35-2)23(14-17)36-3)27(37-24)30-20-7-5-18(28)6-8-20/h4-14,24H,15-16H2,1-3H3,(H,29,33). The molecular formula is C27H26FN3O5S. The molecule has 1 fully saturated rings. The number of ether oxygens (including phenoxy) is 3. The second-order valence-corrected chi connectivity index (χ2v) is 9.24. The average Bonchev–Trinajstić information content (AvgIpc) is 2.91. The molecule has 1 unspecified atom stereocenters. The minimum atomic E-state index is -0.699. The number of halogens is 1. The van der Waals surface area contributed by atoms with Crippen LogP contribution < -0.4 is 19.5 Å². The van der Waals surface area contributed by atoms with Crippen molar-refractivity contribution in [1.82, 2.24) is 4.90 Å². The number of nitrogens with one attached hydrogen (secondary N) is 1. The second-order valence-electron chi connectivity index (χ2n) is 8.07. The van der Waals surface area contributed by atoms with Crippen LogP contribution in [0.15, 0.2) is 71.7 Å². The number of aliphatic imine (C=N–C) groups is 1. The van der Waals surface area contributed by atoms with E-state index in [1.165, 1.54) is 48.0 Å². The number of carbonyl (C=O) groups excluding carboxylic acids is 2. The molecule has 37 heavy (non-hydrogen) atoms. The van der Waals surface area contributed by atoms with Crippen molar-refractivity contribution in [3.63, 3.8) is 0 Å². The van der Waals surface area contributed by atoms with E-state index in [2.05, 4.69) is 10.3 Å². The normalized spacial score (nSPS) is 16.4. The Balaban J connectivity index is 1.59. The molecule has 0 spiro atoms. The van der Waals surface area contributed by atoms with Crippen LogP contribution in [0.3, 0.4) is 0 Å². The smallest absolute Gasteiger partial charge is 0.238 e. The summed E-state index contributed by atoms with van der Waals surface area (Å²) in [7, 11) is 4.65. The largest absolute Gasteiger partial charge is 0.497 e. The highest BCUT2D eigenvalue weighted by Gasteiger charge is 2.36. The first-order chi connectivity index (χ1) is 17.9. The summed E-state index contributed by atoms with van der Waals surface area (Å²) in [5.41, 5.74) is 1.84. The number of rotatable bonds is 8. The summed E-state index contributed by atoms with van der Waals surface area (Å²) in [6.45, 7) is 0.207. The van der Waals surface area contributed by atoms with E-state index in [0.717, 1.165) is 5.56 Å². The predicted octanol–water partition coefficient (Wildman–Crippen LogP) is 5.01. The summed E-state index contributed by atoms with van der Waals surface area (Å²) in [5, 5.41) is 2.49. The molecule has 1 heterocycles. The number of benzene rings is 3. The summed E-state index contributed by atoms with van der Waals surface area (Å²) >= 11 is 1.18. The van der Waals surface area contributed by atoms with Gasteiger partial charge in [-0.15, -0.1) is 0 Å². The van der Waals surface area contributed by atoms with Crippen LogP contribution in [0.4, 0.5) is 15.8 Å². The average molecular weight is 524 g/mol. The first kappa shape index (κ1) is 26.0. The topological polar surface area (TPSA) is 89.5 Å². The molecule has 1 atom stereocenters. The minimum Gasteiger partial charge on any atom is -0.497 e. The first-order valence-electron chi connectivity index (χ1n) is 11.4. The molecule has 0 saturated carbocycles. The van der Waals surface area contributed by atoms with Gasteiger partial charge in [0.2, 0.25) is 11.8 Å². The number of hydrogen-bond acceptors (Lipinski definition) is 7. The Hall–Kier alpha value is -4.05. The van der Waals surface area contributed by atoms with Gasteiger partial charge in [0.05, 0.1) is 33.6 Å². The zero-order valence-corrected chi connectivity index (χ0v) is 21.4. The summed E-state index contributed by atoms with van der Waals surface area (Å²) in [4.78, 5) is 32.5. The third kappa shape index (κ3) is 6.39. The van der Waals surface area contributed by atoms with Gasteiger partial charge in [-0.25, -0.2) is 9.38 Å². The van der Waals surface area contributed by atoms with Gasteiger partial charge in [-0.05, 0) is 66.2 Å². The summed E-state index contributed by atoms with van der Waals surface area (Å²) in [6.07, 6.45) is -0.0115. The maximum Gasteiger partial charge on any atom is 0.238 e. The lowest BCUT2D eigenvalue weighted by atomic mass is 10.1. The molecule has 1 saturated heterocycles. The molecule has 4 rings (SSSR count). The predicted molar refractivity (Wildman–Crippen MR) is 141 cm³/mol. The zero-order chi connectivity index (χ0) is 26.4. The number of carbonyl (C=O) groups is 2.